The monoisotopic (exact) mass is 465 g/mol. The van der Waals surface area contributed by atoms with Gasteiger partial charge in [-0.1, -0.05) is 121 Å². The van der Waals surface area contributed by atoms with E-state index in [4.69, 9.17) is 9.47 Å². The molecule has 0 aliphatic rings. The molecule has 0 saturated carbocycles. The van der Waals surface area contributed by atoms with Crippen molar-refractivity contribution in [1.82, 2.24) is 5.32 Å². The highest BCUT2D eigenvalue weighted by Gasteiger charge is 2.42. The number of hydrogen-bond donors (Lipinski definition) is 1. The van der Waals surface area contributed by atoms with Crippen molar-refractivity contribution >= 4 is 5.97 Å². The third-order valence-corrected chi connectivity index (χ3v) is 6.27. The van der Waals surface area contributed by atoms with Crippen molar-refractivity contribution in [2.24, 2.45) is 0 Å². The van der Waals surface area contributed by atoms with Gasteiger partial charge < -0.3 is 9.47 Å². The minimum Gasteiger partial charge on any atom is -0.468 e. The van der Waals surface area contributed by atoms with Crippen molar-refractivity contribution in [3.63, 3.8) is 0 Å². The molecule has 0 unspecified atom stereocenters. The largest absolute Gasteiger partial charge is 0.468 e. The zero-order valence-electron chi connectivity index (χ0n) is 20.1. The van der Waals surface area contributed by atoms with Gasteiger partial charge in [-0.3, -0.25) is 10.1 Å². The maximum absolute atomic E-state index is 13.2. The van der Waals surface area contributed by atoms with E-state index in [0.29, 0.717) is 6.61 Å². The molecular formula is C31H31NO3. The predicted molar refractivity (Wildman–Crippen MR) is 139 cm³/mol. The third kappa shape index (κ3) is 5.51. The summed E-state index contributed by atoms with van der Waals surface area (Å²) in [6.07, 6.45) is -0.460. The van der Waals surface area contributed by atoms with Crippen LogP contribution in [0, 0.1) is 0 Å². The van der Waals surface area contributed by atoms with Gasteiger partial charge in [-0.15, -0.1) is 0 Å². The van der Waals surface area contributed by atoms with Crippen LogP contribution in [0.15, 0.2) is 121 Å². The van der Waals surface area contributed by atoms with E-state index in [0.717, 1.165) is 22.3 Å². The smallest absolute Gasteiger partial charge is 0.325 e. The van der Waals surface area contributed by atoms with Crippen LogP contribution in [0.2, 0.25) is 0 Å². The summed E-state index contributed by atoms with van der Waals surface area (Å²) < 4.78 is 11.5. The quantitative estimate of drug-likeness (QED) is 0.241. The summed E-state index contributed by atoms with van der Waals surface area (Å²) in [5.41, 5.74) is 3.28. The van der Waals surface area contributed by atoms with Crippen molar-refractivity contribution in [3.05, 3.63) is 144 Å². The van der Waals surface area contributed by atoms with Gasteiger partial charge in [-0.25, -0.2) is 0 Å². The Bertz CT molecular complexity index is 1080. The summed E-state index contributed by atoms with van der Waals surface area (Å²) in [5.74, 6) is -0.377. The average molecular weight is 466 g/mol. The highest BCUT2D eigenvalue weighted by Crippen LogP contribution is 2.37. The van der Waals surface area contributed by atoms with Gasteiger partial charge in [-0.2, -0.15) is 0 Å². The standard InChI is InChI=1S/C31H31NO3/c1-24(35-23-25-15-7-3-8-16-25)29(30(33)34-2)32-31(26-17-9-4-10-18-26,27-19-11-5-12-20-27)28-21-13-6-14-22-28/h3-22,24,29,32H,23H2,1-2H3/t24-,29+/m1/s1. The van der Waals surface area contributed by atoms with Gasteiger partial charge in [-0.05, 0) is 29.2 Å². The molecule has 4 aromatic carbocycles. The van der Waals surface area contributed by atoms with Crippen LogP contribution in [0.3, 0.4) is 0 Å². The van der Waals surface area contributed by atoms with E-state index in [9.17, 15) is 4.79 Å². The van der Waals surface area contributed by atoms with Crippen molar-refractivity contribution in [3.8, 4) is 0 Å². The lowest BCUT2D eigenvalue weighted by Gasteiger charge is -2.40. The Morgan fingerprint density at radius 3 is 1.51 bits per heavy atom. The minimum atomic E-state index is -0.812. The van der Waals surface area contributed by atoms with Crippen LogP contribution < -0.4 is 5.32 Å². The number of carbonyl (C=O) groups is 1. The molecule has 0 fully saturated rings. The Kier molecular flexibility index (Phi) is 8.09. The topological polar surface area (TPSA) is 47.6 Å². The average Bonchev–Trinajstić information content (AvgIpc) is 2.94. The number of benzene rings is 4. The molecule has 35 heavy (non-hydrogen) atoms. The van der Waals surface area contributed by atoms with E-state index in [1.54, 1.807) is 0 Å². The van der Waals surface area contributed by atoms with Crippen LogP contribution in [-0.2, 0) is 26.4 Å². The van der Waals surface area contributed by atoms with Crippen LogP contribution in [0.4, 0.5) is 0 Å². The molecule has 0 saturated heterocycles. The van der Waals surface area contributed by atoms with Crippen LogP contribution in [-0.4, -0.2) is 25.2 Å². The van der Waals surface area contributed by atoms with Crippen LogP contribution >= 0.6 is 0 Å². The van der Waals surface area contributed by atoms with Crippen LogP contribution in [0.1, 0.15) is 29.2 Å². The normalized spacial score (nSPS) is 13.1. The van der Waals surface area contributed by atoms with Gasteiger partial charge in [0, 0.05) is 0 Å². The molecule has 0 amide bonds. The summed E-state index contributed by atoms with van der Waals surface area (Å²) in [6, 6.07) is 39.8. The van der Waals surface area contributed by atoms with Crippen LogP contribution in [0.25, 0.3) is 0 Å². The van der Waals surface area contributed by atoms with Gasteiger partial charge in [0.2, 0.25) is 0 Å². The lowest BCUT2D eigenvalue weighted by atomic mass is 9.76. The van der Waals surface area contributed by atoms with Gasteiger partial charge in [0.15, 0.2) is 0 Å². The first kappa shape index (κ1) is 24.4. The Morgan fingerprint density at radius 1 is 0.714 bits per heavy atom. The first-order chi connectivity index (χ1) is 17.1. The zero-order valence-corrected chi connectivity index (χ0v) is 20.1. The molecular weight excluding hydrogens is 434 g/mol. The Balaban J connectivity index is 1.80. The van der Waals surface area contributed by atoms with E-state index in [-0.39, 0.29) is 5.97 Å². The predicted octanol–water partition coefficient (Wildman–Crippen LogP) is 5.72. The van der Waals surface area contributed by atoms with Crippen molar-refractivity contribution in [2.75, 3.05) is 7.11 Å². The maximum Gasteiger partial charge on any atom is 0.325 e. The molecule has 4 aromatic rings. The summed E-state index contributed by atoms with van der Waals surface area (Å²) >= 11 is 0. The molecule has 4 nitrogen and oxygen atoms in total. The SMILES string of the molecule is COC(=O)[C@@H](NC(c1ccccc1)(c1ccccc1)c1ccccc1)[C@@H](C)OCc1ccccc1. The molecule has 0 radical (unpaired) electrons. The van der Waals surface area contributed by atoms with E-state index in [1.807, 2.05) is 91.9 Å². The molecule has 4 rings (SSSR count). The molecule has 4 heteroatoms. The van der Waals surface area contributed by atoms with E-state index in [2.05, 4.69) is 41.7 Å². The molecule has 1 N–H and O–H groups in total. The number of nitrogens with one attached hydrogen (secondary N) is 1. The Morgan fingerprint density at radius 2 is 1.11 bits per heavy atom. The van der Waals surface area contributed by atoms with Gasteiger partial charge >= 0.3 is 5.97 Å². The van der Waals surface area contributed by atoms with Gasteiger partial charge in [0.1, 0.15) is 6.04 Å². The minimum absolute atomic E-state index is 0.377. The first-order valence-electron chi connectivity index (χ1n) is 11.8. The molecule has 0 heterocycles. The molecule has 0 aromatic heterocycles. The number of carbonyl (C=O) groups excluding carboxylic acids is 1. The summed E-state index contributed by atoms with van der Waals surface area (Å²) in [7, 11) is 1.41. The van der Waals surface area contributed by atoms with Crippen molar-refractivity contribution in [2.45, 2.75) is 31.2 Å². The molecule has 2 atom stereocenters. The summed E-state index contributed by atoms with van der Waals surface area (Å²) in [6.45, 7) is 2.30. The summed E-state index contributed by atoms with van der Waals surface area (Å²) in [4.78, 5) is 13.2. The zero-order chi connectivity index (χ0) is 24.5. The van der Waals surface area contributed by atoms with E-state index < -0.39 is 17.7 Å². The van der Waals surface area contributed by atoms with Crippen LogP contribution in [0.5, 0.6) is 0 Å². The Labute approximate surface area is 207 Å². The number of methoxy groups -OCH3 is 1. The van der Waals surface area contributed by atoms with Crippen molar-refractivity contribution in [1.29, 1.82) is 0 Å². The molecule has 0 bridgehead atoms. The molecule has 0 spiro atoms. The first-order valence-corrected chi connectivity index (χ1v) is 11.8. The van der Waals surface area contributed by atoms with Crippen molar-refractivity contribution < 1.29 is 14.3 Å². The van der Waals surface area contributed by atoms with E-state index >= 15 is 0 Å². The fourth-order valence-corrected chi connectivity index (χ4v) is 4.44. The second-order valence-corrected chi connectivity index (χ2v) is 8.49. The van der Waals surface area contributed by atoms with Gasteiger partial charge in [0.05, 0.1) is 25.4 Å². The van der Waals surface area contributed by atoms with E-state index in [1.165, 1.54) is 7.11 Å². The van der Waals surface area contributed by atoms with Gasteiger partial charge in [0.25, 0.3) is 0 Å². The number of rotatable bonds is 10. The summed E-state index contributed by atoms with van der Waals surface area (Å²) in [5, 5.41) is 3.70. The highest BCUT2D eigenvalue weighted by molar-refractivity contribution is 5.77. The fourth-order valence-electron chi connectivity index (χ4n) is 4.44. The highest BCUT2D eigenvalue weighted by atomic mass is 16.5. The lowest BCUT2D eigenvalue weighted by Crippen LogP contribution is -2.57. The lowest BCUT2D eigenvalue weighted by molar-refractivity contribution is -0.148. The number of esters is 1. The molecule has 0 aliphatic heterocycles. The molecule has 0 aliphatic carbocycles. The maximum atomic E-state index is 13.2. The fraction of sp³-hybridized carbons (Fsp3) is 0.194. The Hall–Kier alpha value is -3.73. The third-order valence-electron chi connectivity index (χ3n) is 6.27. The second kappa shape index (κ2) is 11.6. The number of hydrogen-bond acceptors (Lipinski definition) is 4. The second-order valence-electron chi connectivity index (χ2n) is 8.49. The number of ether oxygens (including phenoxy) is 2. The molecule has 178 valence electrons.